The number of unbranched alkanes of at least 4 members (excludes halogenated alkanes) is 3. The van der Waals surface area contributed by atoms with E-state index in [9.17, 15) is 0 Å². The molecule has 0 spiro atoms. The molecular weight excluding hydrogens is 340 g/mol. The molecule has 1 rings (SSSR count). The van der Waals surface area contributed by atoms with Gasteiger partial charge in [0.2, 0.25) is 0 Å². The van der Waals surface area contributed by atoms with Crippen molar-refractivity contribution in [2.45, 2.75) is 45.4 Å². The summed E-state index contributed by atoms with van der Waals surface area (Å²) in [6.07, 6.45) is 8.02. The van der Waals surface area contributed by atoms with Gasteiger partial charge in [0.25, 0.3) is 0 Å². The third-order valence-electron chi connectivity index (χ3n) is 3.12. The van der Waals surface area contributed by atoms with Gasteiger partial charge >= 0.3 is 0 Å². The lowest BCUT2D eigenvalue weighted by atomic mass is 9.95. The molecule has 0 radical (unpaired) electrons. The van der Waals surface area contributed by atoms with Crippen molar-refractivity contribution >= 4 is 31.9 Å². The van der Waals surface area contributed by atoms with Gasteiger partial charge in [-0.05, 0) is 36.5 Å². The topological polar surface area (TPSA) is 0 Å². The van der Waals surface area contributed by atoms with Gasteiger partial charge in [-0.25, -0.2) is 0 Å². The van der Waals surface area contributed by atoms with Crippen molar-refractivity contribution < 1.29 is 0 Å². The fourth-order valence-corrected chi connectivity index (χ4v) is 2.86. The highest BCUT2D eigenvalue weighted by Crippen LogP contribution is 2.20. The van der Waals surface area contributed by atoms with Gasteiger partial charge in [-0.1, -0.05) is 76.6 Å². The molecular formula is C15H22Br2. The molecule has 0 aromatic heterocycles. The summed E-state index contributed by atoms with van der Waals surface area (Å²) in [6, 6.07) is 8.73. The fourth-order valence-electron chi connectivity index (χ4n) is 2.05. The van der Waals surface area contributed by atoms with Crippen LogP contribution in [0.25, 0.3) is 0 Å². The number of benzene rings is 1. The molecule has 0 amide bonds. The van der Waals surface area contributed by atoms with Crippen LogP contribution in [-0.2, 0) is 6.42 Å². The van der Waals surface area contributed by atoms with Crippen LogP contribution in [0, 0.1) is 5.92 Å². The zero-order valence-corrected chi connectivity index (χ0v) is 13.8. The average molecular weight is 362 g/mol. The van der Waals surface area contributed by atoms with Gasteiger partial charge in [0.1, 0.15) is 0 Å². The molecule has 0 aliphatic heterocycles. The van der Waals surface area contributed by atoms with Gasteiger partial charge < -0.3 is 0 Å². The SMILES string of the molecule is CCCCCCC(CBr)Cc1ccc(Br)cc1. The maximum atomic E-state index is 3.65. The monoisotopic (exact) mass is 360 g/mol. The lowest BCUT2D eigenvalue weighted by Crippen LogP contribution is -2.06. The average Bonchev–Trinajstić information content (AvgIpc) is 2.35. The zero-order chi connectivity index (χ0) is 12.5. The Hall–Kier alpha value is 0.180. The van der Waals surface area contributed by atoms with Crippen LogP contribution in [0.1, 0.15) is 44.6 Å². The van der Waals surface area contributed by atoms with Gasteiger partial charge in [-0.15, -0.1) is 0 Å². The predicted octanol–water partition coefficient (Wildman–Crippen LogP) is 5.97. The Balaban J connectivity index is 2.33. The van der Waals surface area contributed by atoms with Crippen LogP contribution in [0.5, 0.6) is 0 Å². The molecule has 17 heavy (non-hydrogen) atoms. The molecule has 0 aliphatic carbocycles. The quantitative estimate of drug-likeness (QED) is 0.395. The number of hydrogen-bond acceptors (Lipinski definition) is 0. The minimum absolute atomic E-state index is 0.785. The molecule has 0 aliphatic rings. The van der Waals surface area contributed by atoms with Crippen LogP contribution in [-0.4, -0.2) is 5.33 Å². The van der Waals surface area contributed by atoms with Gasteiger partial charge in [0.05, 0.1) is 0 Å². The molecule has 1 unspecified atom stereocenters. The standard InChI is InChI=1S/C15H22Br2/c1-2-3-4-5-6-14(12-16)11-13-7-9-15(17)10-8-13/h7-10,14H,2-6,11-12H2,1H3. The third-order valence-corrected chi connectivity index (χ3v) is 4.57. The largest absolute Gasteiger partial charge is 0.0925 e. The van der Waals surface area contributed by atoms with Crippen molar-refractivity contribution in [3.05, 3.63) is 34.3 Å². The summed E-state index contributed by atoms with van der Waals surface area (Å²) in [5, 5.41) is 1.12. The Morgan fingerprint density at radius 3 is 2.35 bits per heavy atom. The van der Waals surface area contributed by atoms with Crippen LogP contribution in [0.15, 0.2) is 28.7 Å². The van der Waals surface area contributed by atoms with Crippen molar-refractivity contribution in [3.8, 4) is 0 Å². The lowest BCUT2D eigenvalue weighted by molar-refractivity contribution is 0.496. The first-order valence-electron chi connectivity index (χ1n) is 6.56. The van der Waals surface area contributed by atoms with Crippen LogP contribution in [0.3, 0.4) is 0 Å². The molecule has 0 bridgehead atoms. The third kappa shape index (κ3) is 6.61. The molecule has 0 saturated heterocycles. The van der Waals surface area contributed by atoms with E-state index in [-0.39, 0.29) is 0 Å². The van der Waals surface area contributed by atoms with E-state index in [4.69, 9.17) is 0 Å². The molecule has 1 aromatic rings. The number of rotatable bonds is 8. The van der Waals surface area contributed by atoms with Gasteiger partial charge in [0, 0.05) is 9.80 Å². The van der Waals surface area contributed by atoms with E-state index in [1.807, 2.05) is 0 Å². The molecule has 0 heterocycles. The highest BCUT2D eigenvalue weighted by molar-refractivity contribution is 9.10. The van der Waals surface area contributed by atoms with E-state index >= 15 is 0 Å². The summed E-state index contributed by atoms with van der Waals surface area (Å²) in [5.41, 5.74) is 1.45. The van der Waals surface area contributed by atoms with E-state index in [1.54, 1.807) is 0 Å². The minimum atomic E-state index is 0.785. The van der Waals surface area contributed by atoms with Crippen molar-refractivity contribution in [2.75, 3.05) is 5.33 Å². The van der Waals surface area contributed by atoms with Gasteiger partial charge in [-0.2, -0.15) is 0 Å². The van der Waals surface area contributed by atoms with Crippen molar-refractivity contribution in [3.63, 3.8) is 0 Å². The predicted molar refractivity (Wildman–Crippen MR) is 83.9 cm³/mol. The maximum Gasteiger partial charge on any atom is 0.0175 e. The summed E-state index contributed by atoms with van der Waals surface area (Å²) in [7, 11) is 0. The minimum Gasteiger partial charge on any atom is -0.0925 e. The van der Waals surface area contributed by atoms with E-state index in [0.29, 0.717) is 0 Å². The second-order valence-electron chi connectivity index (χ2n) is 4.70. The number of hydrogen-bond donors (Lipinski definition) is 0. The summed E-state index contributed by atoms with van der Waals surface area (Å²) in [4.78, 5) is 0. The van der Waals surface area contributed by atoms with E-state index < -0.39 is 0 Å². The summed E-state index contributed by atoms with van der Waals surface area (Å²) in [5.74, 6) is 0.785. The summed E-state index contributed by atoms with van der Waals surface area (Å²) < 4.78 is 1.17. The van der Waals surface area contributed by atoms with Gasteiger partial charge in [-0.3, -0.25) is 0 Å². The molecule has 2 heteroatoms. The highest BCUT2D eigenvalue weighted by atomic mass is 79.9. The Morgan fingerprint density at radius 2 is 1.76 bits per heavy atom. The smallest absolute Gasteiger partial charge is 0.0175 e. The lowest BCUT2D eigenvalue weighted by Gasteiger charge is -2.14. The first kappa shape index (κ1) is 15.2. The maximum absolute atomic E-state index is 3.65. The molecule has 0 fully saturated rings. The fraction of sp³-hybridized carbons (Fsp3) is 0.600. The Labute approximate surface area is 122 Å². The van der Waals surface area contributed by atoms with Crippen LogP contribution < -0.4 is 0 Å². The Bertz CT molecular complexity index is 292. The molecule has 96 valence electrons. The molecule has 0 nitrogen and oxygen atoms in total. The normalized spacial score (nSPS) is 12.6. The first-order chi connectivity index (χ1) is 8.26. The van der Waals surface area contributed by atoms with Crippen molar-refractivity contribution in [1.29, 1.82) is 0 Å². The molecule has 0 N–H and O–H groups in total. The highest BCUT2D eigenvalue weighted by Gasteiger charge is 2.08. The summed E-state index contributed by atoms with van der Waals surface area (Å²) >= 11 is 7.13. The molecule has 1 atom stereocenters. The zero-order valence-electron chi connectivity index (χ0n) is 10.6. The first-order valence-corrected chi connectivity index (χ1v) is 8.48. The van der Waals surface area contributed by atoms with Crippen molar-refractivity contribution in [1.82, 2.24) is 0 Å². The Morgan fingerprint density at radius 1 is 1.06 bits per heavy atom. The molecule has 1 aromatic carbocycles. The second kappa shape index (κ2) is 9.16. The Kier molecular flexibility index (Phi) is 8.21. The van der Waals surface area contributed by atoms with Crippen LogP contribution in [0.2, 0.25) is 0 Å². The van der Waals surface area contributed by atoms with Gasteiger partial charge in [0.15, 0.2) is 0 Å². The number of alkyl halides is 1. The number of halogens is 2. The van der Waals surface area contributed by atoms with E-state index in [1.165, 1.54) is 48.6 Å². The van der Waals surface area contributed by atoms with Crippen molar-refractivity contribution in [2.24, 2.45) is 5.92 Å². The summed E-state index contributed by atoms with van der Waals surface area (Å²) in [6.45, 7) is 2.27. The van der Waals surface area contributed by atoms with E-state index in [2.05, 4.69) is 63.0 Å². The second-order valence-corrected chi connectivity index (χ2v) is 6.26. The molecule has 0 saturated carbocycles. The van der Waals surface area contributed by atoms with E-state index in [0.717, 1.165) is 11.2 Å². The van der Waals surface area contributed by atoms with Crippen LogP contribution in [0.4, 0.5) is 0 Å². The van der Waals surface area contributed by atoms with Crippen LogP contribution >= 0.6 is 31.9 Å².